The lowest BCUT2D eigenvalue weighted by Crippen LogP contribution is -2.26. The van der Waals surface area contributed by atoms with Crippen molar-refractivity contribution in [2.24, 2.45) is 0 Å². The van der Waals surface area contributed by atoms with E-state index in [0.717, 1.165) is 0 Å². The molecule has 36 heavy (non-hydrogen) atoms. The van der Waals surface area contributed by atoms with E-state index in [0.29, 0.717) is 33.4 Å². The summed E-state index contributed by atoms with van der Waals surface area (Å²) in [5.74, 6) is 0.310. The highest BCUT2D eigenvalue weighted by atomic mass is 16.1. The van der Waals surface area contributed by atoms with Crippen LogP contribution in [0.25, 0.3) is 27.7 Å². The topological polar surface area (TPSA) is 142 Å². The minimum Gasteiger partial charge on any atom is -0.368 e. The molecule has 3 aromatic heterocycles. The lowest BCUT2D eigenvalue weighted by molar-refractivity contribution is 0.772. The summed E-state index contributed by atoms with van der Waals surface area (Å²) in [6, 6.07) is 23.2. The molecule has 0 aliphatic heterocycles. The van der Waals surface area contributed by atoms with Gasteiger partial charge in [-0.15, -0.1) is 0 Å². The monoisotopic (exact) mass is 475 g/mol. The SMILES string of the molecule is CC(Nc1nc(N)ncc1C#N)c1cc2cccc(-c3cccc(=O)[nH]3)c2c(=O)n1-c1ccccc1. The standard InChI is InChI=1S/C27H21N7O2/c1-16(31-25-18(14-28)15-30-27(29)33-25)22-13-17-7-5-10-20(21-11-6-12-23(35)32-21)24(17)26(36)34(22)19-8-3-2-4-9-19/h2-13,15-16H,1H3,(H,32,35)(H3,29,30,31,33). The van der Waals surface area contributed by atoms with Crippen LogP contribution in [0.3, 0.4) is 0 Å². The second kappa shape index (κ2) is 9.19. The highest BCUT2D eigenvalue weighted by Gasteiger charge is 2.20. The second-order valence-corrected chi connectivity index (χ2v) is 8.21. The number of anilines is 2. The Bertz CT molecular complexity index is 1750. The molecule has 3 heterocycles. The van der Waals surface area contributed by atoms with Crippen LogP contribution in [0, 0.1) is 11.3 Å². The first-order chi connectivity index (χ1) is 17.5. The molecule has 9 nitrogen and oxygen atoms in total. The van der Waals surface area contributed by atoms with Crippen LogP contribution in [0.1, 0.15) is 24.2 Å². The number of hydrogen-bond acceptors (Lipinski definition) is 7. The minimum atomic E-state index is -0.441. The fraction of sp³-hybridized carbons (Fsp3) is 0.0741. The number of aromatic amines is 1. The van der Waals surface area contributed by atoms with Gasteiger partial charge in [-0.3, -0.25) is 14.2 Å². The van der Waals surface area contributed by atoms with Gasteiger partial charge in [0.05, 0.1) is 17.6 Å². The second-order valence-electron chi connectivity index (χ2n) is 8.21. The van der Waals surface area contributed by atoms with Gasteiger partial charge in [-0.25, -0.2) is 4.98 Å². The van der Waals surface area contributed by atoms with Gasteiger partial charge >= 0.3 is 0 Å². The summed E-state index contributed by atoms with van der Waals surface area (Å²) < 4.78 is 1.63. The van der Waals surface area contributed by atoms with Crippen LogP contribution < -0.4 is 22.2 Å². The van der Waals surface area contributed by atoms with Gasteiger partial charge in [0.2, 0.25) is 11.5 Å². The molecule has 1 atom stereocenters. The van der Waals surface area contributed by atoms with Crippen LogP contribution >= 0.6 is 0 Å². The van der Waals surface area contributed by atoms with E-state index in [1.54, 1.807) is 16.7 Å². The first-order valence-electron chi connectivity index (χ1n) is 11.2. The molecular weight excluding hydrogens is 454 g/mol. The van der Waals surface area contributed by atoms with Crippen molar-refractivity contribution < 1.29 is 0 Å². The molecule has 5 aromatic rings. The molecule has 0 saturated carbocycles. The molecule has 0 amide bonds. The van der Waals surface area contributed by atoms with Crippen molar-refractivity contribution in [3.05, 3.63) is 111 Å². The Hall–Kier alpha value is -5.23. The molecule has 4 N–H and O–H groups in total. The third-order valence-corrected chi connectivity index (χ3v) is 5.87. The Labute approximate surface area is 205 Å². The third kappa shape index (κ3) is 4.08. The molecule has 176 valence electrons. The Morgan fingerprint density at radius 1 is 1.06 bits per heavy atom. The number of H-pyrrole nitrogens is 1. The van der Waals surface area contributed by atoms with Crippen molar-refractivity contribution in [1.29, 1.82) is 5.26 Å². The van der Waals surface area contributed by atoms with Gasteiger partial charge in [-0.2, -0.15) is 10.2 Å². The van der Waals surface area contributed by atoms with Gasteiger partial charge in [0.25, 0.3) is 5.56 Å². The van der Waals surface area contributed by atoms with E-state index in [2.05, 4.69) is 26.3 Å². The Morgan fingerprint density at radius 3 is 2.58 bits per heavy atom. The normalized spacial score (nSPS) is 11.7. The quantitative estimate of drug-likeness (QED) is 0.351. The van der Waals surface area contributed by atoms with Crippen molar-refractivity contribution in [1.82, 2.24) is 19.5 Å². The predicted octanol–water partition coefficient (Wildman–Crippen LogP) is 3.76. The van der Waals surface area contributed by atoms with E-state index >= 15 is 0 Å². The number of nitrogens with one attached hydrogen (secondary N) is 2. The van der Waals surface area contributed by atoms with E-state index in [1.165, 1.54) is 12.3 Å². The summed E-state index contributed by atoms with van der Waals surface area (Å²) in [4.78, 5) is 37.0. The average molecular weight is 476 g/mol. The number of rotatable bonds is 5. The fourth-order valence-electron chi connectivity index (χ4n) is 4.24. The summed E-state index contributed by atoms with van der Waals surface area (Å²) in [6.07, 6.45) is 1.36. The van der Waals surface area contributed by atoms with E-state index in [4.69, 9.17) is 5.73 Å². The molecule has 5 rings (SSSR count). The predicted molar refractivity (Wildman–Crippen MR) is 139 cm³/mol. The van der Waals surface area contributed by atoms with Gasteiger partial charge in [0.1, 0.15) is 17.5 Å². The number of aromatic nitrogens is 4. The van der Waals surface area contributed by atoms with E-state index in [9.17, 15) is 14.9 Å². The molecule has 0 spiro atoms. The number of fused-ring (bicyclic) bond motifs is 1. The molecule has 0 fully saturated rings. The molecular formula is C27H21N7O2. The summed E-state index contributed by atoms with van der Waals surface area (Å²) in [7, 11) is 0. The first-order valence-corrected chi connectivity index (χ1v) is 11.2. The number of para-hydroxylation sites is 1. The highest BCUT2D eigenvalue weighted by molar-refractivity contribution is 5.95. The van der Waals surface area contributed by atoms with Crippen LogP contribution in [-0.2, 0) is 0 Å². The Balaban J connectivity index is 1.76. The zero-order valence-electron chi connectivity index (χ0n) is 19.3. The molecule has 0 aliphatic rings. The molecule has 9 heteroatoms. The smallest absolute Gasteiger partial charge is 0.263 e. The lowest BCUT2D eigenvalue weighted by atomic mass is 10.0. The summed E-state index contributed by atoms with van der Waals surface area (Å²) in [5.41, 5.74) is 7.99. The summed E-state index contributed by atoms with van der Waals surface area (Å²) in [5, 5.41) is 13.9. The number of hydrogen-bond donors (Lipinski definition) is 3. The zero-order valence-corrected chi connectivity index (χ0v) is 19.3. The van der Waals surface area contributed by atoms with Crippen LogP contribution in [0.4, 0.5) is 11.8 Å². The molecule has 2 aromatic carbocycles. The van der Waals surface area contributed by atoms with Crippen LogP contribution in [0.15, 0.2) is 88.6 Å². The maximum atomic E-state index is 14.1. The number of nitriles is 1. The van der Waals surface area contributed by atoms with E-state index < -0.39 is 6.04 Å². The van der Waals surface area contributed by atoms with Gasteiger partial charge < -0.3 is 16.0 Å². The summed E-state index contributed by atoms with van der Waals surface area (Å²) >= 11 is 0. The van der Waals surface area contributed by atoms with Crippen molar-refractivity contribution in [3.8, 4) is 23.0 Å². The van der Waals surface area contributed by atoms with Gasteiger partial charge in [0, 0.05) is 28.7 Å². The van der Waals surface area contributed by atoms with Crippen molar-refractivity contribution in [2.75, 3.05) is 11.1 Å². The molecule has 0 bridgehead atoms. The maximum Gasteiger partial charge on any atom is 0.263 e. The zero-order chi connectivity index (χ0) is 25.2. The largest absolute Gasteiger partial charge is 0.368 e. The first kappa shape index (κ1) is 22.6. The van der Waals surface area contributed by atoms with Gasteiger partial charge in [-0.05, 0) is 36.6 Å². The Kier molecular flexibility index (Phi) is 5.76. The molecule has 0 saturated heterocycles. The minimum absolute atomic E-state index is 0.0316. The number of pyridine rings is 2. The van der Waals surface area contributed by atoms with Crippen molar-refractivity contribution in [3.63, 3.8) is 0 Å². The van der Waals surface area contributed by atoms with Crippen LogP contribution in [0.2, 0.25) is 0 Å². The number of nitrogens with zero attached hydrogens (tertiary/aromatic N) is 4. The fourth-order valence-corrected chi connectivity index (χ4v) is 4.24. The van der Waals surface area contributed by atoms with E-state index in [1.807, 2.05) is 61.5 Å². The number of nitrogens with two attached hydrogens (primary N) is 1. The Morgan fingerprint density at radius 2 is 1.83 bits per heavy atom. The highest BCUT2D eigenvalue weighted by Crippen LogP contribution is 2.29. The molecule has 0 radical (unpaired) electrons. The average Bonchev–Trinajstić information content (AvgIpc) is 2.89. The van der Waals surface area contributed by atoms with Crippen molar-refractivity contribution in [2.45, 2.75) is 13.0 Å². The number of benzene rings is 2. The van der Waals surface area contributed by atoms with E-state index in [-0.39, 0.29) is 28.4 Å². The third-order valence-electron chi connectivity index (χ3n) is 5.87. The van der Waals surface area contributed by atoms with Gasteiger partial charge in [-0.1, -0.05) is 42.5 Å². The molecule has 1 unspecified atom stereocenters. The van der Waals surface area contributed by atoms with Crippen LogP contribution in [0.5, 0.6) is 0 Å². The lowest BCUT2D eigenvalue weighted by Gasteiger charge is -2.22. The van der Waals surface area contributed by atoms with Crippen LogP contribution in [-0.4, -0.2) is 19.5 Å². The number of nitrogen functional groups attached to an aromatic ring is 1. The van der Waals surface area contributed by atoms with Crippen molar-refractivity contribution >= 4 is 22.5 Å². The maximum absolute atomic E-state index is 14.1. The summed E-state index contributed by atoms with van der Waals surface area (Å²) in [6.45, 7) is 1.87. The molecule has 0 aliphatic carbocycles. The van der Waals surface area contributed by atoms with Gasteiger partial charge in [0.15, 0.2) is 0 Å².